The maximum atomic E-state index is 13.3. The van der Waals surface area contributed by atoms with E-state index >= 15 is 0 Å². The minimum absolute atomic E-state index is 0. The minimum Gasteiger partial charge on any atom is -0.445 e. The molecule has 2 fully saturated rings. The van der Waals surface area contributed by atoms with E-state index in [-0.39, 0.29) is 62.6 Å². The molecule has 1 atom stereocenters. The van der Waals surface area contributed by atoms with E-state index in [1.807, 2.05) is 33.8 Å². The van der Waals surface area contributed by atoms with Crippen molar-refractivity contribution in [3.8, 4) is 0 Å². The first-order valence-corrected chi connectivity index (χ1v) is 11.5. The summed E-state index contributed by atoms with van der Waals surface area (Å²) in [7, 11) is 0. The van der Waals surface area contributed by atoms with Gasteiger partial charge in [0.25, 0.3) is 0 Å². The third-order valence-electron chi connectivity index (χ3n) is 6.48. The number of amides is 2. The number of carbonyl (C=O) groups excluding carboxylic acids is 4. The highest BCUT2D eigenvalue weighted by atomic mass is 32.1. The standard InChI is InChI=1S/C23H36N4O5.H2S/c1-16(2)20(30)22-9-10-26(13-22)21(31)32-11-7-5-6-8-19(29)27-14-23(15-27,25-17(3)4)18(28)12-24-22;/h5,7,16-17,24-25H,6,8-15H2,1-4H3;1H2/t22-;/m1./s1. The summed E-state index contributed by atoms with van der Waals surface area (Å²) in [6.07, 6.45) is 4.39. The van der Waals surface area contributed by atoms with Crippen molar-refractivity contribution in [1.29, 1.82) is 0 Å². The summed E-state index contributed by atoms with van der Waals surface area (Å²) in [4.78, 5) is 54.7. The van der Waals surface area contributed by atoms with Crippen LogP contribution in [0, 0.1) is 5.92 Å². The monoisotopic (exact) mass is 482 g/mol. The Morgan fingerprint density at radius 2 is 1.79 bits per heavy atom. The first kappa shape index (κ1) is 27.3. The Balaban J connectivity index is 0.00000385. The molecule has 0 aliphatic carbocycles. The molecule has 0 spiro atoms. The number of nitrogens with one attached hydrogen (secondary N) is 2. The fourth-order valence-electron chi connectivity index (χ4n) is 4.81. The first-order chi connectivity index (χ1) is 15.1. The van der Waals surface area contributed by atoms with Crippen LogP contribution in [0.5, 0.6) is 0 Å². The lowest BCUT2D eigenvalue weighted by atomic mass is 9.82. The van der Waals surface area contributed by atoms with Crippen molar-refractivity contribution in [3.05, 3.63) is 12.2 Å². The van der Waals surface area contributed by atoms with Crippen molar-refractivity contribution in [2.75, 3.05) is 39.3 Å². The SMILES string of the molecule is CC(C)NC12CN(C1)C(=O)CCC=CCOC(=O)N1CC[C@](C(=O)C(C)C)(C1)NCC2=O.S. The predicted molar refractivity (Wildman–Crippen MR) is 129 cm³/mol. The van der Waals surface area contributed by atoms with Crippen LogP contribution in [0.3, 0.4) is 0 Å². The maximum absolute atomic E-state index is 13.3. The molecular formula is C23H38N4O5S. The van der Waals surface area contributed by atoms with E-state index in [1.165, 1.54) is 4.90 Å². The number of ketones is 2. The van der Waals surface area contributed by atoms with E-state index in [2.05, 4.69) is 10.6 Å². The van der Waals surface area contributed by atoms with Gasteiger partial charge < -0.3 is 14.5 Å². The molecule has 0 aromatic heterocycles. The number of Topliss-reactive ketones (excluding diaryl/α,β-unsaturated/α-hetero) is 2. The highest BCUT2D eigenvalue weighted by Crippen LogP contribution is 2.28. The zero-order chi connectivity index (χ0) is 23.5. The van der Waals surface area contributed by atoms with E-state index in [9.17, 15) is 19.2 Å². The molecule has 4 aliphatic rings. The minimum atomic E-state index is -0.981. The van der Waals surface area contributed by atoms with Crippen LogP contribution < -0.4 is 10.6 Å². The van der Waals surface area contributed by atoms with Crippen molar-refractivity contribution in [2.45, 2.75) is 64.1 Å². The van der Waals surface area contributed by atoms with Gasteiger partial charge in [0, 0.05) is 44.6 Å². The number of fused-ring (bicyclic) bond motifs is 8. The Morgan fingerprint density at radius 3 is 2.42 bits per heavy atom. The van der Waals surface area contributed by atoms with Gasteiger partial charge in [0.2, 0.25) is 5.91 Å². The molecule has 186 valence electrons. The quantitative estimate of drug-likeness (QED) is 0.576. The average Bonchev–Trinajstić information content (AvgIpc) is 3.15. The Bertz CT molecular complexity index is 794. The summed E-state index contributed by atoms with van der Waals surface area (Å²) in [5.74, 6) is -0.342. The van der Waals surface area contributed by atoms with Crippen molar-refractivity contribution < 1.29 is 23.9 Å². The van der Waals surface area contributed by atoms with Gasteiger partial charge in [-0.3, -0.25) is 25.0 Å². The molecule has 0 radical (unpaired) electrons. The molecule has 2 amide bonds. The van der Waals surface area contributed by atoms with E-state index in [4.69, 9.17) is 4.74 Å². The Kier molecular flexibility index (Phi) is 9.12. The van der Waals surface area contributed by atoms with Gasteiger partial charge in [-0.1, -0.05) is 26.0 Å². The largest absolute Gasteiger partial charge is 0.445 e. The van der Waals surface area contributed by atoms with Crippen LogP contribution >= 0.6 is 13.5 Å². The highest BCUT2D eigenvalue weighted by Gasteiger charge is 2.52. The van der Waals surface area contributed by atoms with Gasteiger partial charge in [0.15, 0.2) is 11.6 Å². The highest BCUT2D eigenvalue weighted by molar-refractivity contribution is 7.59. The molecule has 4 heterocycles. The summed E-state index contributed by atoms with van der Waals surface area (Å²) in [6.45, 7) is 8.92. The Morgan fingerprint density at radius 1 is 1.09 bits per heavy atom. The third kappa shape index (κ3) is 5.96. The fourth-order valence-corrected chi connectivity index (χ4v) is 4.81. The first-order valence-electron chi connectivity index (χ1n) is 11.5. The summed E-state index contributed by atoms with van der Waals surface area (Å²) in [5, 5.41) is 6.58. The predicted octanol–water partition coefficient (Wildman–Crippen LogP) is 0.993. The van der Waals surface area contributed by atoms with Crippen LogP contribution in [0.2, 0.25) is 0 Å². The van der Waals surface area contributed by atoms with E-state index in [1.54, 1.807) is 11.0 Å². The fraction of sp³-hybridized carbons (Fsp3) is 0.739. The van der Waals surface area contributed by atoms with Crippen molar-refractivity contribution in [1.82, 2.24) is 20.4 Å². The van der Waals surface area contributed by atoms with Crippen molar-refractivity contribution >= 4 is 37.1 Å². The topological polar surface area (TPSA) is 108 Å². The molecule has 2 saturated heterocycles. The second-order valence-electron chi connectivity index (χ2n) is 9.77. The van der Waals surface area contributed by atoms with Gasteiger partial charge in [0.05, 0.1) is 12.1 Å². The number of rotatable bonds is 4. The van der Waals surface area contributed by atoms with Gasteiger partial charge >= 0.3 is 6.09 Å². The van der Waals surface area contributed by atoms with Crippen LogP contribution in [-0.4, -0.2) is 89.8 Å². The number of allylic oxidation sites excluding steroid dienone is 1. The Labute approximate surface area is 203 Å². The molecule has 10 heteroatoms. The van der Waals surface area contributed by atoms with E-state index < -0.39 is 17.2 Å². The summed E-state index contributed by atoms with van der Waals surface area (Å²) in [5.41, 5.74) is -1.80. The molecule has 2 N–H and O–H groups in total. The Hall–Kier alpha value is -1.91. The van der Waals surface area contributed by atoms with Crippen LogP contribution in [0.4, 0.5) is 4.79 Å². The number of nitrogens with zero attached hydrogens (tertiary/aromatic N) is 2. The molecule has 4 aliphatic heterocycles. The second kappa shape index (κ2) is 11.0. The molecule has 0 aromatic carbocycles. The van der Waals surface area contributed by atoms with E-state index in [0.29, 0.717) is 38.9 Å². The van der Waals surface area contributed by atoms with Gasteiger partial charge in [-0.05, 0) is 26.7 Å². The van der Waals surface area contributed by atoms with Crippen LogP contribution in [0.25, 0.3) is 0 Å². The molecule has 0 aromatic rings. The molecule has 33 heavy (non-hydrogen) atoms. The zero-order valence-electron chi connectivity index (χ0n) is 20.1. The molecule has 0 unspecified atom stereocenters. The summed E-state index contributed by atoms with van der Waals surface area (Å²) < 4.78 is 5.31. The lowest BCUT2D eigenvalue weighted by Crippen LogP contribution is -2.76. The van der Waals surface area contributed by atoms with Crippen LogP contribution in [0.15, 0.2) is 12.2 Å². The van der Waals surface area contributed by atoms with Crippen molar-refractivity contribution in [2.24, 2.45) is 5.92 Å². The smallest absolute Gasteiger partial charge is 0.410 e. The van der Waals surface area contributed by atoms with Crippen molar-refractivity contribution in [3.63, 3.8) is 0 Å². The number of hydrogen-bond acceptors (Lipinski definition) is 7. The van der Waals surface area contributed by atoms with Gasteiger partial charge in [0.1, 0.15) is 12.1 Å². The normalized spacial score (nSPS) is 29.0. The van der Waals surface area contributed by atoms with Crippen LogP contribution in [-0.2, 0) is 19.1 Å². The van der Waals surface area contributed by atoms with Gasteiger partial charge in [-0.25, -0.2) is 4.79 Å². The summed E-state index contributed by atoms with van der Waals surface area (Å²) in [6, 6.07) is 0.0660. The zero-order valence-corrected chi connectivity index (χ0v) is 21.1. The average molecular weight is 483 g/mol. The van der Waals surface area contributed by atoms with Gasteiger partial charge in [-0.15, -0.1) is 0 Å². The molecular weight excluding hydrogens is 444 g/mol. The molecule has 9 nitrogen and oxygen atoms in total. The van der Waals surface area contributed by atoms with E-state index in [0.717, 1.165) is 0 Å². The third-order valence-corrected chi connectivity index (χ3v) is 6.48. The molecule has 4 rings (SSSR count). The summed E-state index contributed by atoms with van der Waals surface area (Å²) >= 11 is 0. The van der Waals surface area contributed by atoms with Crippen LogP contribution in [0.1, 0.15) is 47.0 Å². The number of hydrogen-bond donors (Lipinski definition) is 2. The number of ether oxygens (including phenoxy) is 1. The number of carbonyl (C=O) groups is 4. The second-order valence-corrected chi connectivity index (χ2v) is 9.77. The lowest BCUT2D eigenvalue weighted by molar-refractivity contribution is -0.146. The molecule has 4 bridgehead atoms. The molecule has 0 saturated carbocycles. The lowest BCUT2D eigenvalue weighted by Gasteiger charge is -2.50. The maximum Gasteiger partial charge on any atom is 0.410 e. The van der Waals surface area contributed by atoms with Gasteiger partial charge in [-0.2, -0.15) is 13.5 Å².